The predicted molar refractivity (Wildman–Crippen MR) is 61.6 cm³/mol. The highest BCUT2D eigenvalue weighted by atomic mass is 35.5. The zero-order valence-electron chi connectivity index (χ0n) is 8.67. The first kappa shape index (κ1) is 11.5. The molecule has 0 atom stereocenters. The molecule has 2 N–H and O–H groups in total. The number of nitrogens with zero attached hydrogens (tertiary/aromatic N) is 2. The number of carbonyl (C=O) groups is 1. The molecule has 0 spiro atoms. The molecule has 0 bridgehead atoms. The van der Waals surface area contributed by atoms with E-state index in [4.69, 9.17) is 21.8 Å². The third-order valence-corrected chi connectivity index (χ3v) is 2.62. The maximum Gasteiger partial charge on any atom is 0.307 e. The van der Waals surface area contributed by atoms with Gasteiger partial charge in [0.2, 0.25) is 0 Å². The minimum Gasteiger partial charge on any atom is -0.508 e. The third-order valence-electron chi connectivity index (χ3n) is 2.22. The topological polar surface area (TPSA) is 75.3 Å². The fourth-order valence-corrected chi connectivity index (χ4v) is 1.68. The Morgan fingerprint density at radius 2 is 2.00 bits per heavy atom. The van der Waals surface area contributed by atoms with Crippen LogP contribution in [0.2, 0.25) is 5.15 Å². The van der Waals surface area contributed by atoms with Crippen LogP contribution in [0, 0.1) is 0 Å². The summed E-state index contributed by atoms with van der Waals surface area (Å²) in [6, 6.07) is 6.28. The van der Waals surface area contributed by atoms with Crippen molar-refractivity contribution in [3.05, 3.63) is 41.2 Å². The van der Waals surface area contributed by atoms with Gasteiger partial charge in [0.1, 0.15) is 10.9 Å². The molecule has 0 aliphatic carbocycles. The quantitative estimate of drug-likeness (QED) is 0.874. The van der Waals surface area contributed by atoms with Gasteiger partial charge in [0.05, 0.1) is 18.3 Å². The Hall–Kier alpha value is -2.01. The summed E-state index contributed by atoms with van der Waals surface area (Å²) < 4.78 is 1.42. The van der Waals surface area contributed by atoms with Gasteiger partial charge in [-0.25, -0.2) is 4.68 Å². The molecule has 6 heteroatoms. The number of hydrogen-bond acceptors (Lipinski definition) is 3. The first-order chi connectivity index (χ1) is 8.08. The van der Waals surface area contributed by atoms with E-state index >= 15 is 0 Å². The van der Waals surface area contributed by atoms with Crippen LogP contribution in [0.1, 0.15) is 5.56 Å². The van der Waals surface area contributed by atoms with E-state index in [9.17, 15) is 4.79 Å². The number of phenolic OH excluding ortho intramolecular Hbond substituents is 1. The molecule has 0 aliphatic heterocycles. The second-order valence-electron chi connectivity index (χ2n) is 3.46. The standard InChI is InChI=1S/C11H9ClN2O3/c12-11-7(5-10(16)17)6-13-14(11)8-1-3-9(15)4-2-8/h1-4,6,15H,5H2,(H,16,17). The lowest BCUT2D eigenvalue weighted by Gasteiger charge is -2.03. The van der Waals surface area contributed by atoms with Gasteiger partial charge in [-0.15, -0.1) is 0 Å². The van der Waals surface area contributed by atoms with Crippen molar-refractivity contribution in [3.8, 4) is 11.4 Å². The molecule has 0 saturated carbocycles. The maximum absolute atomic E-state index is 10.6. The van der Waals surface area contributed by atoms with Crippen LogP contribution in [0.5, 0.6) is 5.75 Å². The lowest BCUT2D eigenvalue weighted by Crippen LogP contribution is -2.00. The Kier molecular flexibility index (Phi) is 3.01. The van der Waals surface area contributed by atoms with Gasteiger partial charge in [-0.2, -0.15) is 5.10 Å². The number of hydrogen-bond donors (Lipinski definition) is 2. The summed E-state index contributed by atoms with van der Waals surface area (Å²) in [7, 11) is 0. The predicted octanol–water partition coefficient (Wildman–Crippen LogP) is 1.86. The first-order valence-electron chi connectivity index (χ1n) is 4.81. The molecule has 1 aromatic carbocycles. The molecule has 0 fully saturated rings. The summed E-state index contributed by atoms with van der Waals surface area (Å²) in [5, 5.41) is 22.1. The fraction of sp³-hybridized carbons (Fsp3) is 0.0909. The Bertz CT molecular complexity index is 548. The smallest absolute Gasteiger partial charge is 0.307 e. The number of halogens is 1. The van der Waals surface area contributed by atoms with Crippen LogP contribution in [0.4, 0.5) is 0 Å². The second-order valence-corrected chi connectivity index (χ2v) is 3.82. The van der Waals surface area contributed by atoms with Crippen LogP contribution in [-0.4, -0.2) is 26.0 Å². The van der Waals surface area contributed by atoms with Crippen molar-refractivity contribution in [1.29, 1.82) is 0 Å². The van der Waals surface area contributed by atoms with Crippen molar-refractivity contribution in [2.45, 2.75) is 6.42 Å². The van der Waals surface area contributed by atoms with Crippen molar-refractivity contribution < 1.29 is 15.0 Å². The number of aromatic nitrogens is 2. The van der Waals surface area contributed by atoms with E-state index in [0.717, 1.165) is 0 Å². The van der Waals surface area contributed by atoms with Crippen LogP contribution in [-0.2, 0) is 11.2 Å². The Labute approximate surface area is 102 Å². The van der Waals surface area contributed by atoms with Gasteiger partial charge in [-0.05, 0) is 24.3 Å². The van der Waals surface area contributed by atoms with Crippen LogP contribution < -0.4 is 0 Å². The summed E-state index contributed by atoms with van der Waals surface area (Å²) in [4.78, 5) is 10.6. The van der Waals surface area contributed by atoms with E-state index in [2.05, 4.69) is 5.10 Å². The first-order valence-corrected chi connectivity index (χ1v) is 5.19. The minimum absolute atomic E-state index is 0.141. The van der Waals surface area contributed by atoms with Crippen molar-refractivity contribution >= 4 is 17.6 Å². The number of rotatable bonds is 3. The summed E-state index contributed by atoms with van der Waals surface area (Å²) in [6.45, 7) is 0. The van der Waals surface area contributed by atoms with Crippen molar-refractivity contribution in [1.82, 2.24) is 9.78 Å². The average Bonchev–Trinajstić information content (AvgIpc) is 2.61. The molecule has 0 unspecified atom stereocenters. The molecule has 88 valence electrons. The number of phenols is 1. The molecule has 1 heterocycles. The van der Waals surface area contributed by atoms with E-state index in [1.54, 1.807) is 12.1 Å². The molecule has 0 saturated heterocycles. The van der Waals surface area contributed by atoms with Gasteiger partial charge in [-0.1, -0.05) is 11.6 Å². The zero-order valence-corrected chi connectivity index (χ0v) is 9.42. The van der Waals surface area contributed by atoms with E-state index < -0.39 is 5.97 Å². The minimum atomic E-state index is -0.961. The van der Waals surface area contributed by atoms with E-state index in [-0.39, 0.29) is 17.3 Å². The largest absolute Gasteiger partial charge is 0.508 e. The van der Waals surface area contributed by atoms with Gasteiger partial charge in [0.15, 0.2) is 0 Å². The molecular formula is C11H9ClN2O3. The molecule has 0 aliphatic rings. The molecule has 2 aromatic rings. The average molecular weight is 253 g/mol. The summed E-state index contributed by atoms with van der Waals surface area (Å²) in [5.41, 5.74) is 1.11. The van der Waals surface area contributed by atoms with Crippen molar-refractivity contribution in [2.75, 3.05) is 0 Å². The number of carboxylic acid groups (broad SMARTS) is 1. The number of carboxylic acids is 1. The Morgan fingerprint density at radius 1 is 1.35 bits per heavy atom. The highest BCUT2D eigenvalue weighted by Gasteiger charge is 2.12. The molecular weight excluding hydrogens is 244 g/mol. The third kappa shape index (κ3) is 2.39. The summed E-state index contributed by atoms with van der Waals surface area (Å²) in [5.74, 6) is -0.819. The SMILES string of the molecule is O=C(O)Cc1cnn(-c2ccc(O)cc2)c1Cl. The second kappa shape index (κ2) is 4.47. The van der Waals surface area contributed by atoms with E-state index in [0.29, 0.717) is 11.3 Å². The summed E-state index contributed by atoms with van der Waals surface area (Å²) in [6.07, 6.45) is 1.25. The van der Waals surface area contributed by atoms with Crippen molar-refractivity contribution in [2.24, 2.45) is 0 Å². The highest BCUT2D eigenvalue weighted by Crippen LogP contribution is 2.21. The Balaban J connectivity index is 2.37. The van der Waals surface area contributed by atoms with Gasteiger partial charge in [0.25, 0.3) is 0 Å². The van der Waals surface area contributed by atoms with Gasteiger partial charge in [0, 0.05) is 5.56 Å². The molecule has 5 nitrogen and oxygen atoms in total. The number of benzene rings is 1. The number of aromatic hydroxyl groups is 1. The lowest BCUT2D eigenvalue weighted by atomic mass is 10.2. The van der Waals surface area contributed by atoms with Crippen LogP contribution >= 0.6 is 11.6 Å². The van der Waals surface area contributed by atoms with Crippen LogP contribution in [0.3, 0.4) is 0 Å². The van der Waals surface area contributed by atoms with E-state index in [1.165, 1.54) is 23.0 Å². The number of aliphatic carboxylic acids is 1. The fourth-order valence-electron chi connectivity index (χ4n) is 1.42. The molecule has 1 aromatic heterocycles. The van der Waals surface area contributed by atoms with Gasteiger partial charge in [-0.3, -0.25) is 4.79 Å². The Morgan fingerprint density at radius 3 is 2.59 bits per heavy atom. The molecule has 0 radical (unpaired) electrons. The molecule has 2 rings (SSSR count). The van der Waals surface area contributed by atoms with Crippen molar-refractivity contribution in [3.63, 3.8) is 0 Å². The van der Waals surface area contributed by atoms with Gasteiger partial charge >= 0.3 is 5.97 Å². The van der Waals surface area contributed by atoms with Crippen LogP contribution in [0.15, 0.2) is 30.5 Å². The zero-order chi connectivity index (χ0) is 12.4. The lowest BCUT2D eigenvalue weighted by molar-refractivity contribution is -0.136. The van der Waals surface area contributed by atoms with Crippen LogP contribution in [0.25, 0.3) is 5.69 Å². The van der Waals surface area contributed by atoms with E-state index in [1.807, 2.05) is 0 Å². The monoisotopic (exact) mass is 252 g/mol. The highest BCUT2D eigenvalue weighted by molar-refractivity contribution is 6.30. The molecule has 17 heavy (non-hydrogen) atoms. The normalized spacial score (nSPS) is 10.4. The summed E-state index contributed by atoms with van der Waals surface area (Å²) >= 11 is 6.02. The molecule has 0 amide bonds. The maximum atomic E-state index is 10.6. The van der Waals surface area contributed by atoms with Gasteiger partial charge < -0.3 is 10.2 Å².